The average molecular weight is 458 g/mol. The van der Waals surface area contributed by atoms with E-state index in [1.165, 1.54) is 47.3 Å². The molecule has 1 unspecified atom stereocenters. The van der Waals surface area contributed by atoms with Crippen LogP contribution in [0.5, 0.6) is 11.5 Å². The van der Waals surface area contributed by atoms with E-state index in [0.717, 1.165) is 19.3 Å². The molecule has 4 aliphatic carbocycles. The third-order valence-electron chi connectivity index (χ3n) is 8.12. The highest BCUT2D eigenvalue weighted by Gasteiger charge is 2.60. The summed E-state index contributed by atoms with van der Waals surface area (Å²) in [6, 6.07) is 3.12. The number of carbonyl (C=O) groups is 3. The predicted molar refractivity (Wildman–Crippen MR) is 116 cm³/mol. The molecule has 1 aromatic rings. The molecule has 9 heteroatoms. The molecule has 4 saturated carbocycles. The van der Waals surface area contributed by atoms with Crippen molar-refractivity contribution in [1.82, 2.24) is 15.3 Å². The van der Waals surface area contributed by atoms with Gasteiger partial charge in [0.15, 0.2) is 0 Å². The quantitative estimate of drug-likeness (QED) is 0.283. The third-order valence-corrected chi connectivity index (χ3v) is 8.12. The Balaban J connectivity index is 1.43. The second-order valence-corrected chi connectivity index (χ2v) is 10.5. The van der Waals surface area contributed by atoms with Crippen LogP contribution in [-0.4, -0.2) is 54.6 Å². The zero-order valence-electron chi connectivity index (χ0n) is 18.6. The highest BCUT2D eigenvalue weighted by atomic mass is 16.5. The number of benzene rings is 1. The first-order chi connectivity index (χ1) is 15.8. The Bertz CT molecular complexity index is 923. The van der Waals surface area contributed by atoms with Crippen molar-refractivity contribution >= 4 is 17.8 Å². The number of carbonyl (C=O) groups excluding carboxylic acids is 3. The van der Waals surface area contributed by atoms with E-state index in [4.69, 9.17) is 5.21 Å². The molecule has 0 radical (unpaired) electrons. The van der Waals surface area contributed by atoms with Gasteiger partial charge in [-0.25, -0.2) is 10.3 Å². The van der Waals surface area contributed by atoms with Crippen molar-refractivity contribution in [2.45, 2.75) is 75.9 Å². The molecule has 5 fully saturated rings. The first-order valence-corrected chi connectivity index (χ1v) is 11.9. The topological polar surface area (TPSA) is 130 Å². The van der Waals surface area contributed by atoms with Crippen LogP contribution in [0, 0.1) is 17.8 Å². The van der Waals surface area contributed by atoms with Gasteiger partial charge in [0.1, 0.15) is 17.5 Å². The van der Waals surface area contributed by atoms with Crippen molar-refractivity contribution < 1.29 is 29.8 Å². The number of amides is 4. The summed E-state index contributed by atoms with van der Waals surface area (Å²) >= 11 is 0. The van der Waals surface area contributed by atoms with Gasteiger partial charge in [-0.2, -0.15) is 0 Å². The minimum absolute atomic E-state index is 0.0482. The molecular formula is C24H31N3O6. The van der Waals surface area contributed by atoms with Gasteiger partial charge >= 0.3 is 6.03 Å². The van der Waals surface area contributed by atoms with Crippen molar-refractivity contribution in [1.29, 1.82) is 0 Å². The van der Waals surface area contributed by atoms with Crippen LogP contribution >= 0.6 is 0 Å². The lowest BCUT2D eigenvalue weighted by Crippen LogP contribution is -2.62. The number of hydroxylamine groups is 1. The van der Waals surface area contributed by atoms with E-state index >= 15 is 0 Å². The molecule has 1 aromatic carbocycles. The fourth-order valence-corrected chi connectivity index (χ4v) is 7.33. The van der Waals surface area contributed by atoms with E-state index in [0.29, 0.717) is 36.2 Å². The van der Waals surface area contributed by atoms with E-state index in [1.54, 1.807) is 5.48 Å². The molecule has 178 valence electrons. The molecule has 4 N–H and O–H groups in total. The molecule has 5 aliphatic rings. The van der Waals surface area contributed by atoms with Gasteiger partial charge in [-0.15, -0.1) is 0 Å². The molecule has 0 spiro atoms. The molecule has 1 saturated heterocycles. The molecule has 4 bridgehead atoms. The Morgan fingerprint density at radius 2 is 1.58 bits per heavy atom. The molecule has 6 rings (SSSR count). The smallest absolute Gasteiger partial charge is 0.328 e. The number of hydrogen-bond donors (Lipinski definition) is 4. The molecule has 4 amide bonds. The monoisotopic (exact) mass is 457 g/mol. The maximum atomic E-state index is 13.8. The second-order valence-electron chi connectivity index (χ2n) is 10.5. The minimum Gasteiger partial charge on any atom is -0.508 e. The molecule has 33 heavy (non-hydrogen) atoms. The van der Waals surface area contributed by atoms with Gasteiger partial charge in [0.2, 0.25) is 5.91 Å². The van der Waals surface area contributed by atoms with Crippen LogP contribution in [0.1, 0.15) is 63.4 Å². The average Bonchev–Trinajstić information content (AvgIpc) is 2.96. The van der Waals surface area contributed by atoms with Gasteiger partial charge in [0.05, 0.1) is 5.54 Å². The van der Waals surface area contributed by atoms with Crippen LogP contribution in [0.3, 0.4) is 0 Å². The summed E-state index contributed by atoms with van der Waals surface area (Å²) < 4.78 is 0. The van der Waals surface area contributed by atoms with E-state index in [9.17, 15) is 24.6 Å². The summed E-state index contributed by atoms with van der Waals surface area (Å²) in [7, 11) is 0. The summed E-state index contributed by atoms with van der Waals surface area (Å²) in [5.41, 5.74) is 1.71. The molecular weight excluding hydrogens is 426 g/mol. The molecule has 0 aromatic heterocycles. The molecule has 1 heterocycles. The first kappa shape index (κ1) is 22.0. The number of nitrogens with zero attached hydrogens (tertiary/aromatic N) is 2. The van der Waals surface area contributed by atoms with Gasteiger partial charge in [-0.3, -0.25) is 19.7 Å². The Morgan fingerprint density at radius 3 is 2.12 bits per heavy atom. The maximum Gasteiger partial charge on any atom is 0.328 e. The van der Waals surface area contributed by atoms with Gasteiger partial charge in [-0.05, 0) is 86.8 Å². The zero-order valence-corrected chi connectivity index (χ0v) is 18.6. The number of aromatic hydroxyl groups is 2. The van der Waals surface area contributed by atoms with Crippen molar-refractivity contribution in [3.63, 3.8) is 0 Å². The highest BCUT2D eigenvalue weighted by molar-refractivity contribution is 6.05. The lowest BCUT2D eigenvalue weighted by molar-refractivity contribution is -0.141. The fourth-order valence-electron chi connectivity index (χ4n) is 7.33. The van der Waals surface area contributed by atoms with Crippen LogP contribution < -0.4 is 5.48 Å². The Morgan fingerprint density at radius 1 is 1.00 bits per heavy atom. The lowest BCUT2D eigenvalue weighted by Gasteiger charge is -2.58. The van der Waals surface area contributed by atoms with E-state index in [2.05, 4.69) is 0 Å². The van der Waals surface area contributed by atoms with Crippen molar-refractivity contribution in [2.24, 2.45) is 17.8 Å². The highest BCUT2D eigenvalue weighted by Crippen LogP contribution is 2.58. The van der Waals surface area contributed by atoms with E-state index < -0.39 is 17.5 Å². The number of phenolic OH excluding ortho intramolecular Hbond substituents is 2. The standard InChI is InChI=1S/C24H31N3O6/c28-18-7-17(8-19(29)9-18)13-26-20(2-1-3-21(30)25-33)22(31)27(23(26)32)24-10-14-4-15(11-24)6-16(5-14)12-24/h7-9,14-16,20,28-29,33H,1-6,10-13H2,(H,25,30). The normalized spacial score (nSPS) is 32.6. The third kappa shape index (κ3) is 3.92. The number of rotatable bonds is 7. The lowest BCUT2D eigenvalue weighted by atomic mass is 9.52. The zero-order chi connectivity index (χ0) is 23.3. The van der Waals surface area contributed by atoms with Crippen molar-refractivity contribution in [2.75, 3.05) is 0 Å². The van der Waals surface area contributed by atoms with Crippen molar-refractivity contribution in [3.8, 4) is 11.5 Å². The largest absolute Gasteiger partial charge is 0.508 e. The van der Waals surface area contributed by atoms with Crippen LogP contribution in [0.2, 0.25) is 0 Å². The number of imide groups is 1. The summed E-state index contributed by atoms with van der Waals surface area (Å²) in [5, 5.41) is 28.5. The number of hydrogen-bond acceptors (Lipinski definition) is 6. The van der Waals surface area contributed by atoms with E-state index in [-0.39, 0.29) is 36.4 Å². The Labute approximate surface area is 192 Å². The molecule has 9 nitrogen and oxygen atoms in total. The van der Waals surface area contributed by atoms with Gasteiger partial charge < -0.3 is 15.1 Å². The SMILES string of the molecule is O=C(CCCC1C(=O)N(C23CC4CC(CC(C4)C2)C3)C(=O)N1Cc1cc(O)cc(O)c1)NO. The first-order valence-electron chi connectivity index (χ1n) is 11.9. The number of urea groups is 1. The van der Waals surface area contributed by atoms with Gasteiger partial charge in [0, 0.05) is 19.0 Å². The molecule has 1 atom stereocenters. The number of phenols is 2. The van der Waals surface area contributed by atoms with Gasteiger partial charge in [0.25, 0.3) is 5.91 Å². The van der Waals surface area contributed by atoms with Crippen LogP contribution in [0.4, 0.5) is 4.79 Å². The summed E-state index contributed by atoms with van der Waals surface area (Å²) in [4.78, 5) is 42.0. The number of nitrogens with one attached hydrogen (secondary N) is 1. The van der Waals surface area contributed by atoms with Crippen LogP contribution in [0.25, 0.3) is 0 Å². The van der Waals surface area contributed by atoms with Crippen LogP contribution in [0.15, 0.2) is 18.2 Å². The fraction of sp³-hybridized carbons (Fsp3) is 0.625. The predicted octanol–water partition coefficient (Wildman–Crippen LogP) is 2.88. The maximum absolute atomic E-state index is 13.8. The summed E-state index contributed by atoms with van der Waals surface area (Å²) in [5.74, 6) is 0.737. The summed E-state index contributed by atoms with van der Waals surface area (Å²) in [6.45, 7) is 0.0757. The molecule has 1 aliphatic heterocycles. The summed E-state index contributed by atoms with van der Waals surface area (Å²) in [6.07, 6.45) is 6.89. The second kappa shape index (κ2) is 8.20. The van der Waals surface area contributed by atoms with E-state index in [1.807, 2.05) is 0 Å². The minimum atomic E-state index is -0.721. The van der Waals surface area contributed by atoms with Gasteiger partial charge in [-0.1, -0.05) is 0 Å². The Kier molecular flexibility index (Phi) is 5.47. The van der Waals surface area contributed by atoms with Crippen molar-refractivity contribution in [3.05, 3.63) is 23.8 Å². The van der Waals surface area contributed by atoms with Crippen LogP contribution in [-0.2, 0) is 16.1 Å². The Hall–Kier alpha value is -2.81.